The van der Waals surface area contributed by atoms with Gasteiger partial charge in [0.05, 0.1) is 0 Å². The molecule has 3 atom stereocenters. The molecule has 0 aromatic heterocycles. The number of hydrogen-bond donors (Lipinski definition) is 2. The van der Waals surface area contributed by atoms with Crippen LogP contribution in [0.25, 0.3) is 0 Å². The lowest BCUT2D eigenvalue weighted by atomic mass is 9.94. The highest BCUT2D eigenvalue weighted by molar-refractivity contribution is 5.59. The molecule has 2 saturated carbocycles. The average molecular weight is 256 g/mol. The highest BCUT2D eigenvalue weighted by Gasteiger charge is 2.39. The van der Waals surface area contributed by atoms with Gasteiger partial charge in [-0.1, -0.05) is 24.6 Å². The van der Waals surface area contributed by atoms with Gasteiger partial charge in [-0.3, -0.25) is 0 Å². The van der Waals surface area contributed by atoms with Crippen LogP contribution in [0.5, 0.6) is 0 Å². The predicted molar refractivity (Wildman–Crippen MR) is 79.3 cm³/mol. The number of hydrogen-bond acceptors (Lipinski definition) is 2. The molecule has 1 aromatic carbocycles. The first-order valence-electron chi connectivity index (χ1n) is 7.98. The van der Waals surface area contributed by atoms with Crippen LogP contribution in [-0.4, -0.2) is 12.6 Å². The third-order valence-corrected chi connectivity index (χ3v) is 5.45. The molecule has 3 aliphatic rings. The normalized spacial score (nSPS) is 32.1. The molecular weight excluding hydrogens is 232 g/mol. The van der Waals surface area contributed by atoms with Crippen LogP contribution in [0, 0.1) is 11.8 Å². The monoisotopic (exact) mass is 256 g/mol. The quantitative estimate of drug-likeness (QED) is 0.867. The summed E-state index contributed by atoms with van der Waals surface area (Å²) in [6.07, 6.45) is 8.38. The maximum absolute atomic E-state index is 3.84. The van der Waals surface area contributed by atoms with E-state index in [0.717, 1.165) is 31.0 Å². The Bertz CT molecular complexity index is 468. The number of rotatable bonds is 3. The van der Waals surface area contributed by atoms with Gasteiger partial charge in [-0.25, -0.2) is 0 Å². The summed E-state index contributed by atoms with van der Waals surface area (Å²) in [6, 6.07) is 7.59. The summed E-state index contributed by atoms with van der Waals surface area (Å²) in [6.45, 7) is 2.18. The lowest BCUT2D eigenvalue weighted by Gasteiger charge is -2.25. The zero-order valence-electron chi connectivity index (χ0n) is 11.6. The molecule has 2 aliphatic carbocycles. The number of aryl methyl sites for hydroxylation is 1. The molecule has 2 N–H and O–H groups in total. The minimum absolute atomic E-state index is 0.790. The molecule has 2 fully saturated rings. The summed E-state index contributed by atoms with van der Waals surface area (Å²) < 4.78 is 0. The summed E-state index contributed by atoms with van der Waals surface area (Å²) in [5.74, 6) is 2.00. The molecular formula is C17H24N2. The van der Waals surface area contributed by atoms with Gasteiger partial charge in [-0.2, -0.15) is 0 Å². The van der Waals surface area contributed by atoms with Gasteiger partial charge in [-0.05, 0) is 55.1 Å². The molecule has 0 spiro atoms. The Balaban J connectivity index is 1.45. The Morgan fingerprint density at radius 2 is 2.21 bits per heavy atom. The highest BCUT2D eigenvalue weighted by atomic mass is 14.9. The summed E-state index contributed by atoms with van der Waals surface area (Å²) in [7, 11) is 0. The van der Waals surface area contributed by atoms with Crippen molar-refractivity contribution in [1.82, 2.24) is 5.32 Å². The first kappa shape index (κ1) is 11.8. The van der Waals surface area contributed by atoms with Gasteiger partial charge in [0.1, 0.15) is 0 Å². The molecule has 3 unspecified atom stereocenters. The van der Waals surface area contributed by atoms with E-state index in [0.29, 0.717) is 0 Å². The number of benzene rings is 1. The first-order chi connectivity index (χ1) is 9.40. The molecule has 1 heterocycles. The van der Waals surface area contributed by atoms with Gasteiger partial charge < -0.3 is 10.6 Å². The third-order valence-electron chi connectivity index (χ3n) is 5.45. The second-order valence-corrected chi connectivity index (χ2v) is 6.64. The second-order valence-electron chi connectivity index (χ2n) is 6.64. The topological polar surface area (TPSA) is 24.1 Å². The van der Waals surface area contributed by atoms with Gasteiger partial charge >= 0.3 is 0 Å². The molecule has 4 rings (SSSR count). The fourth-order valence-corrected chi connectivity index (χ4v) is 4.46. The zero-order valence-corrected chi connectivity index (χ0v) is 11.6. The summed E-state index contributed by atoms with van der Waals surface area (Å²) in [5, 5.41) is 7.44. The molecule has 2 bridgehead atoms. The fraction of sp³-hybridized carbons (Fsp3) is 0.647. The Hall–Kier alpha value is -1.02. The van der Waals surface area contributed by atoms with Crippen LogP contribution >= 0.6 is 0 Å². The van der Waals surface area contributed by atoms with Crippen molar-refractivity contribution in [2.45, 2.75) is 51.1 Å². The SMILES string of the molecule is c1cc2c(c(CNC3CC4CCC3C4)c1)NCCC2. The zero-order chi connectivity index (χ0) is 12.7. The maximum Gasteiger partial charge on any atom is 0.0418 e. The van der Waals surface area contributed by atoms with E-state index < -0.39 is 0 Å². The minimum Gasteiger partial charge on any atom is -0.385 e. The summed E-state index contributed by atoms with van der Waals surface area (Å²) >= 11 is 0. The van der Waals surface area contributed by atoms with E-state index in [4.69, 9.17) is 0 Å². The van der Waals surface area contributed by atoms with Crippen molar-refractivity contribution >= 4 is 5.69 Å². The molecule has 102 valence electrons. The Labute approximate surface area is 116 Å². The Morgan fingerprint density at radius 3 is 3.05 bits per heavy atom. The van der Waals surface area contributed by atoms with Crippen molar-refractivity contribution in [3.8, 4) is 0 Å². The van der Waals surface area contributed by atoms with E-state index in [1.165, 1.54) is 55.3 Å². The van der Waals surface area contributed by atoms with E-state index in [-0.39, 0.29) is 0 Å². The predicted octanol–water partition coefficient (Wildman–Crippen LogP) is 3.32. The van der Waals surface area contributed by atoms with E-state index >= 15 is 0 Å². The van der Waals surface area contributed by atoms with E-state index in [1.807, 2.05) is 0 Å². The molecule has 1 aromatic rings. The van der Waals surface area contributed by atoms with Crippen LogP contribution in [0.15, 0.2) is 18.2 Å². The van der Waals surface area contributed by atoms with Crippen molar-refractivity contribution in [2.24, 2.45) is 11.8 Å². The molecule has 2 nitrogen and oxygen atoms in total. The van der Waals surface area contributed by atoms with Crippen molar-refractivity contribution in [2.75, 3.05) is 11.9 Å². The molecule has 19 heavy (non-hydrogen) atoms. The van der Waals surface area contributed by atoms with Crippen LogP contribution in [0.2, 0.25) is 0 Å². The molecule has 0 radical (unpaired) electrons. The van der Waals surface area contributed by atoms with Crippen LogP contribution in [0.4, 0.5) is 5.69 Å². The number of para-hydroxylation sites is 1. The lowest BCUT2D eigenvalue weighted by Crippen LogP contribution is -2.33. The van der Waals surface area contributed by atoms with Gasteiger partial charge in [-0.15, -0.1) is 0 Å². The largest absolute Gasteiger partial charge is 0.385 e. The summed E-state index contributed by atoms with van der Waals surface area (Å²) in [4.78, 5) is 0. The van der Waals surface area contributed by atoms with Crippen LogP contribution in [0.3, 0.4) is 0 Å². The molecule has 1 aliphatic heterocycles. The molecule has 2 heteroatoms. The van der Waals surface area contributed by atoms with Gasteiger partial charge in [0, 0.05) is 24.8 Å². The Morgan fingerprint density at radius 1 is 1.21 bits per heavy atom. The standard InChI is InChI=1S/C17H24N2/c1-3-13-5-2-8-18-17(13)15(4-1)11-19-16-10-12-6-7-14(16)9-12/h1,3-4,12,14,16,18-19H,2,5-11H2. The van der Waals surface area contributed by atoms with E-state index in [1.54, 1.807) is 0 Å². The second kappa shape index (κ2) is 4.82. The van der Waals surface area contributed by atoms with Crippen LogP contribution < -0.4 is 10.6 Å². The Kier molecular flexibility index (Phi) is 2.99. The summed E-state index contributed by atoms with van der Waals surface area (Å²) in [5.41, 5.74) is 4.41. The maximum atomic E-state index is 3.84. The van der Waals surface area contributed by atoms with Crippen molar-refractivity contribution in [3.05, 3.63) is 29.3 Å². The smallest absolute Gasteiger partial charge is 0.0418 e. The first-order valence-corrected chi connectivity index (χ1v) is 7.98. The number of anilines is 1. The van der Waals surface area contributed by atoms with Crippen LogP contribution in [-0.2, 0) is 13.0 Å². The van der Waals surface area contributed by atoms with Crippen molar-refractivity contribution < 1.29 is 0 Å². The number of fused-ring (bicyclic) bond motifs is 3. The van der Waals surface area contributed by atoms with Crippen molar-refractivity contribution in [3.63, 3.8) is 0 Å². The van der Waals surface area contributed by atoms with Gasteiger partial charge in [0.25, 0.3) is 0 Å². The van der Waals surface area contributed by atoms with E-state index in [9.17, 15) is 0 Å². The van der Waals surface area contributed by atoms with E-state index in [2.05, 4.69) is 28.8 Å². The third kappa shape index (κ3) is 2.16. The number of nitrogens with one attached hydrogen (secondary N) is 2. The van der Waals surface area contributed by atoms with Gasteiger partial charge in [0.15, 0.2) is 0 Å². The highest BCUT2D eigenvalue weighted by Crippen LogP contribution is 2.44. The fourth-order valence-electron chi connectivity index (χ4n) is 4.46. The molecule has 0 amide bonds. The minimum atomic E-state index is 0.790. The van der Waals surface area contributed by atoms with Gasteiger partial charge in [0.2, 0.25) is 0 Å². The van der Waals surface area contributed by atoms with Crippen molar-refractivity contribution in [1.29, 1.82) is 0 Å². The van der Waals surface area contributed by atoms with Crippen LogP contribution in [0.1, 0.15) is 43.2 Å². The lowest BCUT2D eigenvalue weighted by molar-refractivity contribution is 0.351. The molecule has 0 saturated heterocycles. The average Bonchev–Trinajstić information content (AvgIpc) is 3.07.